The summed E-state index contributed by atoms with van der Waals surface area (Å²) in [5.74, 6) is -0.518. The number of aromatic nitrogens is 2. The van der Waals surface area contributed by atoms with Gasteiger partial charge in [0.2, 0.25) is 11.8 Å². The molecule has 0 aromatic carbocycles. The van der Waals surface area contributed by atoms with Gasteiger partial charge >= 0.3 is 0 Å². The highest BCUT2D eigenvalue weighted by Gasteiger charge is 2.24. The maximum absolute atomic E-state index is 12.4. The predicted molar refractivity (Wildman–Crippen MR) is 91.2 cm³/mol. The Morgan fingerprint density at radius 3 is 2.57 bits per heavy atom. The molecule has 2 aromatic rings. The van der Waals surface area contributed by atoms with Crippen LogP contribution in [0.1, 0.15) is 26.5 Å². The predicted octanol–water partition coefficient (Wildman–Crippen LogP) is 2.61. The third-order valence-electron chi connectivity index (χ3n) is 3.23. The van der Waals surface area contributed by atoms with E-state index >= 15 is 0 Å². The number of rotatable bonds is 5. The lowest BCUT2D eigenvalue weighted by molar-refractivity contribution is -0.126. The van der Waals surface area contributed by atoms with Crippen molar-refractivity contribution in [3.63, 3.8) is 0 Å². The molecule has 0 bridgehead atoms. The van der Waals surface area contributed by atoms with Gasteiger partial charge in [-0.2, -0.15) is 0 Å². The molecule has 6 nitrogen and oxygen atoms in total. The molecule has 1 unspecified atom stereocenters. The molecule has 2 amide bonds. The molecule has 23 heavy (non-hydrogen) atoms. The summed E-state index contributed by atoms with van der Waals surface area (Å²) in [4.78, 5) is 33.2. The van der Waals surface area contributed by atoms with Gasteiger partial charge in [-0.05, 0) is 25.0 Å². The first-order valence-corrected chi connectivity index (χ1v) is 8.17. The lowest BCUT2D eigenvalue weighted by Gasteiger charge is -2.20. The van der Waals surface area contributed by atoms with Gasteiger partial charge in [-0.1, -0.05) is 31.3 Å². The summed E-state index contributed by atoms with van der Waals surface area (Å²) in [5.41, 5.74) is 1.63. The maximum Gasteiger partial charge on any atom is 0.248 e. The van der Waals surface area contributed by atoms with Crippen LogP contribution < -0.4 is 10.6 Å². The smallest absolute Gasteiger partial charge is 0.248 e. The van der Waals surface area contributed by atoms with E-state index in [4.69, 9.17) is 0 Å². The van der Waals surface area contributed by atoms with Crippen molar-refractivity contribution >= 4 is 28.3 Å². The van der Waals surface area contributed by atoms with Gasteiger partial charge in [-0.3, -0.25) is 14.6 Å². The Morgan fingerprint density at radius 1 is 1.26 bits per heavy atom. The second-order valence-electron chi connectivity index (χ2n) is 5.56. The molecule has 0 aliphatic rings. The average molecular weight is 332 g/mol. The molecular weight excluding hydrogens is 312 g/mol. The molecule has 2 heterocycles. The zero-order valence-electron chi connectivity index (χ0n) is 13.6. The SMILES string of the molecule is CC(=O)NC(C(=O)Nc1nc(C)c(-c2ccccn2)s1)C(C)C. The Balaban J connectivity index is 2.17. The van der Waals surface area contributed by atoms with Gasteiger partial charge in [0, 0.05) is 13.1 Å². The fourth-order valence-corrected chi connectivity index (χ4v) is 3.07. The largest absolute Gasteiger partial charge is 0.344 e. The Morgan fingerprint density at radius 2 is 2.00 bits per heavy atom. The Labute approximate surface area is 139 Å². The summed E-state index contributed by atoms with van der Waals surface area (Å²) in [6.07, 6.45) is 1.72. The number of pyridine rings is 1. The van der Waals surface area contributed by atoms with Crippen molar-refractivity contribution in [2.45, 2.75) is 33.7 Å². The van der Waals surface area contributed by atoms with Crippen molar-refractivity contribution in [2.75, 3.05) is 5.32 Å². The number of aryl methyl sites for hydroxylation is 1. The minimum atomic E-state index is -0.588. The van der Waals surface area contributed by atoms with Gasteiger partial charge in [0.05, 0.1) is 16.3 Å². The minimum Gasteiger partial charge on any atom is -0.344 e. The molecule has 0 saturated carbocycles. The molecule has 0 fully saturated rings. The summed E-state index contributed by atoms with van der Waals surface area (Å²) in [5, 5.41) is 5.96. The summed E-state index contributed by atoms with van der Waals surface area (Å²) >= 11 is 1.37. The highest BCUT2D eigenvalue weighted by Crippen LogP contribution is 2.31. The molecule has 0 radical (unpaired) electrons. The number of hydrogen-bond acceptors (Lipinski definition) is 5. The summed E-state index contributed by atoms with van der Waals surface area (Å²) in [6.45, 7) is 7.04. The van der Waals surface area contributed by atoms with Crippen LogP contribution in [0.2, 0.25) is 0 Å². The van der Waals surface area contributed by atoms with Crippen LogP contribution in [0.5, 0.6) is 0 Å². The van der Waals surface area contributed by atoms with E-state index in [1.54, 1.807) is 6.20 Å². The second-order valence-corrected chi connectivity index (χ2v) is 6.56. The first-order valence-electron chi connectivity index (χ1n) is 7.35. The van der Waals surface area contributed by atoms with Crippen LogP contribution in [-0.2, 0) is 9.59 Å². The van der Waals surface area contributed by atoms with Crippen LogP contribution in [0.25, 0.3) is 10.6 Å². The Kier molecular flexibility index (Phi) is 5.44. The van der Waals surface area contributed by atoms with Gasteiger partial charge in [-0.15, -0.1) is 0 Å². The molecular formula is C16H20N4O2S. The van der Waals surface area contributed by atoms with Crippen molar-refractivity contribution < 1.29 is 9.59 Å². The van der Waals surface area contributed by atoms with Crippen LogP contribution in [0.15, 0.2) is 24.4 Å². The summed E-state index contributed by atoms with van der Waals surface area (Å²) in [7, 11) is 0. The van der Waals surface area contributed by atoms with Gasteiger partial charge in [0.15, 0.2) is 5.13 Å². The van der Waals surface area contributed by atoms with E-state index in [9.17, 15) is 9.59 Å². The van der Waals surface area contributed by atoms with Gasteiger partial charge < -0.3 is 10.6 Å². The quantitative estimate of drug-likeness (QED) is 0.881. The normalized spacial score (nSPS) is 12.0. The molecule has 0 aliphatic carbocycles. The topological polar surface area (TPSA) is 84.0 Å². The van der Waals surface area contributed by atoms with Crippen LogP contribution in [0, 0.1) is 12.8 Å². The van der Waals surface area contributed by atoms with E-state index in [-0.39, 0.29) is 17.7 Å². The first kappa shape index (κ1) is 17.1. The number of hydrogen-bond donors (Lipinski definition) is 2. The fraction of sp³-hybridized carbons (Fsp3) is 0.375. The monoisotopic (exact) mass is 332 g/mol. The molecule has 122 valence electrons. The van der Waals surface area contributed by atoms with Gasteiger partial charge in [0.1, 0.15) is 6.04 Å². The van der Waals surface area contributed by atoms with Crippen molar-refractivity contribution in [2.24, 2.45) is 5.92 Å². The summed E-state index contributed by atoms with van der Waals surface area (Å²) in [6, 6.07) is 5.07. The number of nitrogens with one attached hydrogen (secondary N) is 2. The lowest BCUT2D eigenvalue weighted by atomic mass is 10.0. The van der Waals surface area contributed by atoms with E-state index in [1.165, 1.54) is 18.3 Å². The highest BCUT2D eigenvalue weighted by molar-refractivity contribution is 7.19. The first-order chi connectivity index (χ1) is 10.9. The van der Waals surface area contributed by atoms with E-state index in [1.807, 2.05) is 39.0 Å². The molecule has 0 saturated heterocycles. The molecule has 2 aromatic heterocycles. The standard InChI is InChI=1S/C16H20N4O2S/c1-9(2)13(19-11(4)21)15(22)20-16-18-10(3)14(23-16)12-7-5-6-8-17-12/h5-9,13H,1-4H3,(H,19,21)(H,18,20,22). The Bertz CT molecular complexity index is 697. The molecule has 0 aliphatic heterocycles. The van der Waals surface area contributed by atoms with Crippen LogP contribution in [-0.4, -0.2) is 27.8 Å². The number of carbonyl (C=O) groups is 2. The van der Waals surface area contributed by atoms with Crippen molar-refractivity contribution in [3.8, 4) is 10.6 Å². The maximum atomic E-state index is 12.4. The third-order valence-corrected chi connectivity index (χ3v) is 4.33. The number of amides is 2. The van der Waals surface area contributed by atoms with Crippen LogP contribution in [0.3, 0.4) is 0 Å². The number of carbonyl (C=O) groups excluding carboxylic acids is 2. The number of anilines is 1. The van der Waals surface area contributed by atoms with Crippen molar-refractivity contribution in [1.82, 2.24) is 15.3 Å². The number of thiazole rings is 1. The van der Waals surface area contributed by atoms with E-state index in [0.29, 0.717) is 5.13 Å². The van der Waals surface area contributed by atoms with E-state index < -0.39 is 6.04 Å². The molecule has 7 heteroatoms. The third kappa shape index (κ3) is 4.35. The van der Waals surface area contributed by atoms with Gasteiger partial charge in [0.25, 0.3) is 0 Å². The van der Waals surface area contributed by atoms with Gasteiger partial charge in [-0.25, -0.2) is 4.98 Å². The molecule has 0 spiro atoms. The fourth-order valence-electron chi connectivity index (χ4n) is 2.12. The summed E-state index contributed by atoms with van der Waals surface area (Å²) < 4.78 is 0. The lowest BCUT2D eigenvalue weighted by Crippen LogP contribution is -2.46. The zero-order chi connectivity index (χ0) is 17.0. The molecule has 1 atom stereocenters. The molecule has 2 N–H and O–H groups in total. The molecule has 2 rings (SSSR count). The van der Waals surface area contributed by atoms with Crippen LogP contribution >= 0.6 is 11.3 Å². The van der Waals surface area contributed by atoms with E-state index in [0.717, 1.165) is 16.3 Å². The van der Waals surface area contributed by atoms with Crippen LogP contribution in [0.4, 0.5) is 5.13 Å². The van der Waals surface area contributed by atoms with Crippen molar-refractivity contribution in [1.29, 1.82) is 0 Å². The Hall–Kier alpha value is -2.28. The van der Waals surface area contributed by atoms with Crippen molar-refractivity contribution in [3.05, 3.63) is 30.1 Å². The zero-order valence-corrected chi connectivity index (χ0v) is 14.4. The highest BCUT2D eigenvalue weighted by atomic mass is 32.1. The average Bonchev–Trinajstić information content (AvgIpc) is 2.85. The number of nitrogens with zero attached hydrogens (tertiary/aromatic N) is 2. The second kappa shape index (κ2) is 7.32. The minimum absolute atomic E-state index is 0.0183. The van der Waals surface area contributed by atoms with E-state index in [2.05, 4.69) is 20.6 Å².